The summed E-state index contributed by atoms with van der Waals surface area (Å²) in [4.78, 5) is 4.49. The molecule has 4 rings (SSSR count). The van der Waals surface area contributed by atoms with Crippen LogP contribution in [0, 0.1) is 6.92 Å². The molecule has 1 fully saturated rings. The Morgan fingerprint density at radius 3 is 2.96 bits per heavy atom. The molecule has 2 aromatic heterocycles. The minimum absolute atomic E-state index is 0. The van der Waals surface area contributed by atoms with E-state index in [0.717, 1.165) is 59.6 Å². The maximum Gasteiger partial charge on any atom is 0.137 e. The molecular weight excluding hydrogens is 387 g/mol. The number of aromatic nitrogens is 3. The van der Waals surface area contributed by atoms with Crippen LogP contribution < -0.4 is 10.1 Å². The molecule has 1 unspecified atom stereocenters. The molecular formula is C19H22Cl2N4O2. The van der Waals surface area contributed by atoms with Crippen molar-refractivity contribution >= 4 is 29.5 Å². The molecule has 1 atom stereocenters. The van der Waals surface area contributed by atoms with Crippen LogP contribution in [-0.4, -0.2) is 38.9 Å². The van der Waals surface area contributed by atoms with Crippen molar-refractivity contribution in [3.8, 4) is 17.0 Å². The summed E-state index contributed by atoms with van der Waals surface area (Å²) < 4.78 is 8.09. The molecule has 1 aliphatic rings. The first-order chi connectivity index (χ1) is 12.7. The van der Waals surface area contributed by atoms with Crippen LogP contribution in [0.15, 0.2) is 30.7 Å². The lowest BCUT2D eigenvalue weighted by molar-refractivity contribution is 0.167. The molecule has 2 N–H and O–H groups in total. The number of nitrogens with one attached hydrogen (secondary N) is 1. The summed E-state index contributed by atoms with van der Waals surface area (Å²) in [6.45, 7) is 3.82. The molecule has 0 amide bonds. The highest BCUT2D eigenvalue weighted by Gasteiger charge is 2.21. The Labute approximate surface area is 168 Å². The maximum atomic E-state index is 9.44. The number of piperidine rings is 1. The third-order valence-electron chi connectivity index (χ3n) is 4.68. The summed E-state index contributed by atoms with van der Waals surface area (Å²) in [6.07, 6.45) is 5.55. The van der Waals surface area contributed by atoms with Gasteiger partial charge in [-0.25, -0.2) is 9.50 Å². The van der Waals surface area contributed by atoms with Gasteiger partial charge < -0.3 is 15.2 Å². The normalized spacial score (nSPS) is 16.9. The zero-order valence-electron chi connectivity index (χ0n) is 15.0. The van der Waals surface area contributed by atoms with E-state index in [9.17, 15) is 5.11 Å². The standard InChI is InChI=1S/C19H21ClN4O2.ClH/c1-12-5-14(20)7-16(19(12)26-15-3-2-4-21-8-15)18-17-6-13(10-25)9-24(17)23-11-22-18;/h5-7,9,11,15,21,25H,2-4,8,10H2,1H3;1H. The van der Waals surface area contributed by atoms with Gasteiger partial charge in [0.2, 0.25) is 0 Å². The number of nitrogens with zero attached hydrogens (tertiary/aromatic N) is 3. The van der Waals surface area contributed by atoms with E-state index in [1.165, 1.54) is 6.33 Å². The summed E-state index contributed by atoms with van der Waals surface area (Å²) in [5.74, 6) is 0.801. The lowest BCUT2D eigenvalue weighted by Crippen LogP contribution is -2.37. The van der Waals surface area contributed by atoms with E-state index in [2.05, 4.69) is 15.4 Å². The van der Waals surface area contributed by atoms with E-state index in [1.54, 1.807) is 10.7 Å². The molecule has 0 saturated carbocycles. The molecule has 3 aromatic rings. The highest BCUT2D eigenvalue weighted by molar-refractivity contribution is 6.31. The Hall–Kier alpha value is -1.86. The number of hydrogen-bond donors (Lipinski definition) is 2. The van der Waals surface area contributed by atoms with Gasteiger partial charge in [-0.3, -0.25) is 0 Å². The molecule has 0 aliphatic carbocycles. The number of benzene rings is 1. The average Bonchev–Trinajstić information content (AvgIpc) is 3.08. The van der Waals surface area contributed by atoms with Crippen molar-refractivity contribution in [3.05, 3.63) is 46.9 Å². The summed E-state index contributed by atoms with van der Waals surface area (Å²) in [6, 6.07) is 5.68. The fraction of sp³-hybridized carbons (Fsp3) is 0.368. The van der Waals surface area contributed by atoms with Gasteiger partial charge in [-0.1, -0.05) is 11.6 Å². The minimum Gasteiger partial charge on any atom is -0.488 e. The van der Waals surface area contributed by atoms with E-state index in [-0.39, 0.29) is 25.1 Å². The first-order valence-corrected chi connectivity index (χ1v) is 9.14. The van der Waals surface area contributed by atoms with Crippen LogP contribution in [-0.2, 0) is 6.61 Å². The summed E-state index contributed by atoms with van der Waals surface area (Å²) in [5.41, 5.74) is 4.15. The zero-order chi connectivity index (χ0) is 18.1. The van der Waals surface area contributed by atoms with E-state index >= 15 is 0 Å². The minimum atomic E-state index is -0.0471. The topological polar surface area (TPSA) is 71.7 Å². The van der Waals surface area contributed by atoms with E-state index in [1.807, 2.05) is 25.1 Å². The number of fused-ring (bicyclic) bond motifs is 1. The number of aliphatic hydroxyl groups is 1. The van der Waals surface area contributed by atoms with Crippen LogP contribution in [0.2, 0.25) is 5.02 Å². The van der Waals surface area contributed by atoms with Gasteiger partial charge >= 0.3 is 0 Å². The summed E-state index contributed by atoms with van der Waals surface area (Å²) in [7, 11) is 0. The van der Waals surface area contributed by atoms with Gasteiger partial charge in [0.15, 0.2) is 0 Å². The Morgan fingerprint density at radius 2 is 2.22 bits per heavy atom. The van der Waals surface area contributed by atoms with Crippen LogP contribution in [0.25, 0.3) is 16.8 Å². The van der Waals surface area contributed by atoms with Gasteiger partial charge in [0.1, 0.15) is 23.9 Å². The van der Waals surface area contributed by atoms with Crippen LogP contribution >= 0.6 is 24.0 Å². The van der Waals surface area contributed by atoms with Gasteiger partial charge in [0.05, 0.1) is 12.1 Å². The first kappa shape index (κ1) is 19.9. The number of aryl methyl sites for hydroxylation is 1. The number of hydrogen-bond acceptors (Lipinski definition) is 5. The maximum absolute atomic E-state index is 9.44. The fourth-order valence-corrected chi connectivity index (χ4v) is 3.70. The molecule has 1 aromatic carbocycles. The zero-order valence-corrected chi connectivity index (χ0v) is 16.6. The van der Waals surface area contributed by atoms with Crippen molar-refractivity contribution in [2.75, 3.05) is 13.1 Å². The molecule has 0 radical (unpaired) electrons. The van der Waals surface area contributed by atoms with E-state index in [4.69, 9.17) is 16.3 Å². The second kappa shape index (κ2) is 8.44. The summed E-state index contributed by atoms with van der Waals surface area (Å²) in [5, 5.41) is 17.7. The Bertz CT molecular complexity index is 939. The summed E-state index contributed by atoms with van der Waals surface area (Å²) >= 11 is 6.34. The third kappa shape index (κ3) is 4.04. The quantitative estimate of drug-likeness (QED) is 0.691. The van der Waals surface area contributed by atoms with Crippen LogP contribution in [0.5, 0.6) is 5.75 Å². The van der Waals surface area contributed by atoms with Crippen molar-refractivity contribution in [2.45, 2.75) is 32.5 Å². The van der Waals surface area contributed by atoms with Crippen LogP contribution in [0.1, 0.15) is 24.0 Å². The first-order valence-electron chi connectivity index (χ1n) is 8.76. The predicted octanol–water partition coefficient (Wildman–Crippen LogP) is 3.40. The predicted molar refractivity (Wildman–Crippen MR) is 108 cm³/mol. The SMILES string of the molecule is Cc1cc(Cl)cc(-c2ncnn3cc(CO)cc23)c1OC1CCCNC1.Cl. The molecule has 1 saturated heterocycles. The molecule has 6 nitrogen and oxygen atoms in total. The van der Waals surface area contributed by atoms with Gasteiger partial charge in [-0.2, -0.15) is 5.10 Å². The Morgan fingerprint density at radius 1 is 1.37 bits per heavy atom. The molecule has 0 spiro atoms. The van der Waals surface area contributed by atoms with Gasteiger partial charge in [-0.05, 0) is 55.6 Å². The smallest absolute Gasteiger partial charge is 0.137 e. The number of ether oxygens (including phenoxy) is 1. The van der Waals surface area contributed by atoms with Crippen molar-refractivity contribution in [3.63, 3.8) is 0 Å². The Balaban J connectivity index is 0.00000210. The molecule has 0 bridgehead atoms. The average molecular weight is 409 g/mol. The fourth-order valence-electron chi connectivity index (χ4n) is 3.43. The van der Waals surface area contributed by atoms with Crippen LogP contribution in [0.3, 0.4) is 0 Å². The Kier molecular flexibility index (Phi) is 6.22. The van der Waals surface area contributed by atoms with Crippen molar-refractivity contribution in [1.29, 1.82) is 0 Å². The van der Waals surface area contributed by atoms with E-state index in [0.29, 0.717) is 5.02 Å². The lowest BCUT2D eigenvalue weighted by atomic mass is 10.0. The second-order valence-electron chi connectivity index (χ2n) is 6.63. The molecule has 144 valence electrons. The van der Waals surface area contributed by atoms with Gasteiger partial charge in [0.25, 0.3) is 0 Å². The van der Waals surface area contributed by atoms with Crippen molar-refractivity contribution in [1.82, 2.24) is 19.9 Å². The van der Waals surface area contributed by atoms with E-state index < -0.39 is 0 Å². The third-order valence-corrected chi connectivity index (χ3v) is 4.89. The molecule has 8 heteroatoms. The monoisotopic (exact) mass is 408 g/mol. The van der Waals surface area contributed by atoms with Gasteiger partial charge in [0, 0.05) is 23.3 Å². The number of halogens is 2. The molecule has 27 heavy (non-hydrogen) atoms. The van der Waals surface area contributed by atoms with Crippen molar-refractivity contribution in [2.24, 2.45) is 0 Å². The number of rotatable bonds is 4. The number of aliphatic hydroxyl groups excluding tert-OH is 1. The highest BCUT2D eigenvalue weighted by atomic mass is 35.5. The lowest BCUT2D eigenvalue weighted by Gasteiger charge is -2.26. The van der Waals surface area contributed by atoms with Gasteiger partial charge in [-0.15, -0.1) is 12.4 Å². The molecule has 3 heterocycles. The second-order valence-corrected chi connectivity index (χ2v) is 7.07. The van der Waals surface area contributed by atoms with Crippen LogP contribution in [0.4, 0.5) is 0 Å². The molecule has 1 aliphatic heterocycles. The van der Waals surface area contributed by atoms with Crippen molar-refractivity contribution < 1.29 is 9.84 Å². The highest BCUT2D eigenvalue weighted by Crippen LogP contribution is 2.38. The largest absolute Gasteiger partial charge is 0.488 e.